The molecular weight excluding hydrogens is 953 g/mol. The number of aliphatic hydroxyl groups excluding tert-OH is 6. The minimum Gasteiger partial charge on any atom is -0.549 e. The van der Waals surface area contributed by atoms with Crippen LogP contribution in [0.4, 0.5) is 0 Å². The molecule has 65 heavy (non-hydrogen) atoms. The minimum absolute atomic E-state index is 0. The predicted molar refractivity (Wildman–Crippen MR) is 217 cm³/mol. The molecule has 4 atom stereocenters. The zero-order valence-corrected chi connectivity index (χ0v) is 43.6. The van der Waals surface area contributed by atoms with Crippen molar-refractivity contribution in [3.8, 4) is 0 Å². The van der Waals surface area contributed by atoms with Gasteiger partial charge in [-0.1, -0.05) is 0 Å². The third kappa shape index (κ3) is 31.8. The first-order valence-corrected chi connectivity index (χ1v) is 20.1. The van der Waals surface area contributed by atoms with Crippen LogP contribution >= 0.6 is 0 Å². The minimum atomic E-state index is -1.31. The fourth-order valence-electron chi connectivity index (χ4n) is 7.02. The van der Waals surface area contributed by atoms with Gasteiger partial charge in [0.25, 0.3) is 0 Å². The van der Waals surface area contributed by atoms with Crippen LogP contribution in [0.3, 0.4) is 0 Å². The molecule has 6 N–H and O–H groups in total. The number of rotatable bonds is 20. The largest absolute Gasteiger partial charge is 2.00 e. The Morgan fingerprint density at radius 3 is 0.600 bits per heavy atom. The summed E-state index contributed by atoms with van der Waals surface area (Å²) < 4.78 is 0. The van der Waals surface area contributed by atoms with Crippen LogP contribution in [-0.2, 0) is 28.8 Å². The number of carboxylic acid groups (broad SMARTS) is 6. The van der Waals surface area contributed by atoms with Crippen molar-refractivity contribution in [2.45, 2.75) is 24.3 Å². The number of hydrogen-bond acceptors (Lipinski definition) is 26. The number of aliphatic hydroxyl groups is 6. The maximum absolute atomic E-state index is 11.1. The number of hydrogen-bond donors (Lipinski definition) is 6. The zero-order valence-electron chi connectivity index (χ0n) is 37.0. The fourth-order valence-corrected chi connectivity index (χ4v) is 7.02. The Labute approximate surface area is 467 Å². The first-order valence-electron chi connectivity index (χ1n) is 20.1. The van der Waals surface area contributed by atoms with E-state index in [-0.39, 0.29) is 231 Å². The number of carboxylic acids is 6. The number of carbonyl (C=O) groups is 6. The molecule has 0 spiro atoms. The summed E-state index contributed by atoms with van der Waals surface area (Å²) in [5, 5.41) is 125. The van der Waals surface area contributed by atoms with Gasteiger partial charge in [-0.05, 0) is 0 Å². The summed E-state index contributed by atoms with van der Waals surface area (Å²) in [5.74, 6) is -7.84. The van der Waals surface area contributed by atoms with Crippen LogP contribution in [0.2, 0.25) is 0 Å². The van der Waals surface area contributed by atoms with E-state index in [1.165, 1.54) is 9.80 Å². The number of carbonyl (C=O) groups excluding carboxylic acids is 6. The van der Waals surface area contributed by atoms with Gasteiger partial charge in [0, 0.05) is 144 Å². The summed E-state index contributed by atoms with van der Waals surface area (Å²) in [6.07, 6.45) is -2.50. The third-order valence-electron chi connectivity index (χ3n) is 10.4. The average molecular weight is 1020 g/mol. The molecule has 0 bridgehead atoms. The Hall–Kier alpha value is 0.0392. The summed E-state index contributed by atoms with van der Waals surface area (Å²) in [5.41, 5.74) is 0. The second-order valence-corrected chi connectivity index (χ2v) is 15.0. The van der Waals surface area contributed by atoms with E-state index in [2.05, 4.69) is 0 Å². The maximum Gasteiger partial charge on any atom is 2.00 e. The molecule has 0 aromatic rings. The summed E-state index contributed by atoms with van der Waals surface area (Å²) in [4.78, 5) is 79.1. The van der Waals surface area contributed by atoms with Gasteiger partial charge in [0.1, 0.15) is 0 Å². The van der Waals surface area contributed by atoms with Gasteiger partial charge in [0.05, 0.1) is 86.5 Å². The Morgan fingerprint density at radius 1 is 0.323 bits per heavy atom. The monoisotopic (exact) mass is 1010 g/mol. The van der Waals surface area contributed by atoms with E-state index < -0.39 is 113 Å². The van der Waals surface area contributed by atoms with Crippen LogP contribution < -0.4 is 30.6 Å². The molecule has 0 aliphatic carbocycles. The van der Waals surface area contributed by atoms with Crippen LogP contribution in [-0.4, -0.2) is 414 Å². The van der Waals surface area contributed by atoms with Crippen molar-refractivity contribution < 1.29 is 90.0 Å². The molecule has 0 aromatic heterocycles. The topological polar surface area (TPSA) is 388 Å². The summed E-state index contributed by atoms with van der Waals surface area (Å²) in [6.45, 7) is -1.30. The van der Waals surface area contributed by atoms with E-state index in [9.17, 15) is 90.0 Å². The average Bonchev–Trinajstić information content (AvgIpc) is 3.18. The molecule has 0 radical (unpaired) electrons. The Kier molecular flexibility index (Phi) is 42.4. The van der Waals surface area contributed by atoms with Gasteiger partial charge >= 0.3 is 113 Å². The Morgan fingerprint density at radius 2 is 0.477 bits per heavy atom. The molecule has 0 unspecified atom stereocenters. The van der Waals surface area contributed by atoms with Crippen molar-refractivity contribution in [3.05, 3.63) is 0 Å². The van der Waals surface area contributed by atoms with Gasteiger partial charge in [-0.25, -0.2) is 0 Å². The van der Waals surface area contributed by atoms with E-state index in [4.69, 9.17) is 0 Å². The Balaban J connectivity index is -0.00000113. The second kappa shape index (κ2) is 39.7. The van der Waals surface area contributed by atoms with Crippen LogP contribution in [0.5, 0.6) is 0 Å². The van der Waals surface area contributed by atoms with Crippen molar-refractivity contribution in [2.24, 2.45) is 0 Å². The van der Waals surface area contributed by atoms with Gasteiger partial charge in [-0.3, -0.25) is 39.2 Å². The molecule has 2 heterocycles. The Bertz CT molecular complexity index is 1210. The second-order valence-electron chi connectivity index (χ2n) is 15.0. The van der Waals surface area contributed by atoms with Gasteiger partial charge in [0.15, 0.2) is 0 Å². The molecule has 2 fully saturated rings. The summed E-state index contributed by atoms with van der Waals surface area (Å²) in [6, 6.07) is -1.67. The molecule has 0 aromatic carbocycles. The SMILES string of the molecule is O=C([O-])CN1CCN(CC(=O)[O-])CCN([C@H](CO)[C@H](O)CO)CCN(CC(=O)[O-])CC1.O=C([O-])CN1CCN(CC(=O)[O-])CCN([C@H](CO)[C@H](O)CO)CCN(CC(=O)[O-])CC1.[Ca+2].[Ca+2].[Ca+2]. The van der Waals surface area contributed by atoms with Crippen LogP contribution in [0.25, 0.3) is 0 Å². The van der Waals surface area contributed by atoms with Crippen molar-refractivity contribution in [1.29, 1.82) is 0 Å². The summed E-state index contributed by atoms with van der Waals surface area (Å²) >= 11 is 0. The predicted octanol–water partition coefficient (Wildman–Crippen LogP) is -16.8. The van der Waals surface area contributed by atoms with E-state index in [1.807, 2.05) is 0 Å². The number of nitrogens with zero attached hydrogens (tertiary/aromatic N) is 8. The molecule has 2 saturated heterocycles. The number of aliphatic carboxylic acids is 6. The molecular formula is C36H62Ca3N8O18. The van der Waals surface area contributed by atoms with Gasteiger partial charge in [-0.15, -0.1) is 0 Å². The van der Waals surface area contributed by atoms with Crippen molar-refractivity contribution in [3.63, 3.8) is 0 Å². The van der Waals surface area contributed by atoms with Crippen LogP contribution in [0.1, 0.15) is 0 Å². The summed E-state index contributed by atoms with van der Waals surface area (Å²) in [7, 11) is 0. The first-order chi connectivity index (χ1) is 29.3. The standard InChI is InChI=1S/2C18H34N4O9.3Ca/c2*23-12-14(15(25)13-24)22-7-5-20(10-17(28)29)3-1-19(9-16(26)27)2-4-21(6-8-22)11-18(30)31;;;/h2*14-15,23-25H,1-13H2,(H,26,27)(H,28,29)(H,30,31);;;/q;;3*+2/p-6/t2*14-,15-;;;/m11.../s1. The molecule has 0 amide bonds. The van der Waals surface area contributed by atoms with Crippen molar-refractivity contribution >= 4 is 149 Å². The molecule has 26 nitrogen and oxygen atoms in total. The molecule has 2 aliphatic rings. The molecule has 2 rings (SSSR count). The van der Waals surface area contributed by atoms with Crippen LogP contribution in [0, 0.1) is 0 Å². The third-order valence-corrected chi connectivity index (χ3v) is 10.4. The molecule has 2 aliphatic heterocycles. The quantitative estimate of drug-likeness (QED) is 0.0617. The molecule has 360 valence electrons. The van der Waals surface area contributed by atoms with E-state index >= 15 is 0 Å². The smallest absolute Gasteiger partial charge is 0.549 e. The van der Waals surface area contributed by atoms with Gasteiger partial charge in [-0.2, -0.15) is 0 Å². The van der Waals surface area contributed by atoms with Crippen molar-refractivity contribution in [1.82, 2.24) is 39.2 Å². The van der Waals surface area contributed by atoms with E-state index in [0.29, 0.717) is 0 Å². The van der Waals surface area contributed by atoms with Crippen molar-refractivity contribution in [2.75, 3.05) is 170 Å². The maximum atomic E-state index is 11.1. The van der Waals surface area contributed by atoms with Gasteiger partial charge in [0.2, 0.25) is 0 Å². The fraction of sp³-hybridized carbons (Fsp3) is 0.833. The molecule has 0 saturated carbocycles. The zero-order chi connectivity index (χ0) is 46.8. The van der Waals surface area contributed by atoms with Gasteiger partial charge < -0.3 is 90.0 Å². The van der Waals surface area contributed by atoms with E-state index in [0.717, 1.165) is 0 Å². The molecule has 29 heteroatoms. The van der Waals surface area contributed by atoms with E-state index in [1.54, 1.807) is 29.4 Å². The normalized spacial score (nSPS) is 20.0. The first kappa shape index (κ1) is 69.3. The van der Waals surface area contributed by atoms with Crippen LogP contribution in [0.15, 0.2) is 0 Å².